The van der Waals surface area contributed by atoms with E-state index < -0.39 is 0 Å². The van der Waals surface area contributed by atoms with Crippen LogP contribution in [0.1, 0.15) is 16.2 Å². The number of esters is 1. The molecule has 2 heterocycles. The minimum absolute atomic E-state index is 0.365. The number of methoxy groups -OCH3 is 1. The van der Waals surface area contributed by atoms with Crippen LogP contribution in [0.25, 0.3) is 0 Å². The number of nitrogens with one attached hydrogen (secondary N) is 1. The van der Waals surface area contributed by atoms with Crippen LogP contribution in [0, 0.1) is 6.92 Å². The van der Waals surface area contributed by atoms with Gasteiger partial charge >= 0.3 is 5.97 Å². The lowest BCUT2D eigenvalue weighted by molar-refractivity contribution is 0.0594. The van der Waals surface area contributed by atoms with Gasteiger partial charge in [-0.3, -0.25) is 0 Å². The summed E-state index contributed by atoms with van der Waals surface area (Å²) in [6.45, 7) is 5.83. The van der Waals surface area contributed by atoms with Gasteiger partial charge in [0, 0.05) is 26.2 Å². The summed E-state index contributed by atoms with van der Waals surface area (Å²) in [6.07, 6.45) is 0. The molecule has 0 radical (unpaired) electrons. The standard InChI is InChI=1S/C12H17N3O2/c1-9-11(15-7-5-13-6-8-15)4-3-10(14-9)12(16)17-2/h3-4,13H,5-8H2,1-2H3. The van der Waals surface area contributed by atoms with Gasteiger partial charge in [0.2, 0.25) is 0 Å². The number of rotatable bonds is 2. The Labute approximate surface area is 101 Å². The molecule has 0 spiro atoms. The molecule has 1 aliphatic rings. The van der Waals surface area contributed by atoms with E-state index in [-0.39, 0.29) is 5.97 Å². The minimum atomic E-state index is -0.389. The number of pyridine rings is 1. The maximum Gasteiger partial charge on any atom is 0.356 e. The molecular formula is C12H17N3O2. The second kappa shape index (κ2) is 5.14. The molecule has 1 saturated heterocycles. The van der Waals surface area contributed by atoms with Crippen LogP contribution in [-0.4, -0.2) is 44.2 Å². The first-order valence-electron chi connectivity index (χ1n) is 5.74. The Bertz CT molecular complexity index is 414. The molecule has 1 aromatic rings. The van der Waals surface area contributed by atoms with Crippen LogP contribution in [0.15, 0.2) is 12.1 Å². The number of aryl methyl sites for hydroxylation is 1. The fourth-order valence-electron chi connectivity index (χ4n) is 2.01. The Morgan fingerprint density at radius 2 is 2.12 bits per heavy atom. The van der Waals surface area contributed by atoms with Crippen molar-refractivity contribution in [2.75, 3.05) is 38.2 Å². The Morgan fingerprint density at radius 1 is 1.41 bits per heavy atom. The van der Waals surface area contributed by atoms with Crippen LogP contribution in [0.5, 0.6) is 0 Å². The lowest BCUT2D eigenvalue weighted by Crippen LogP contribution is -2.43. The van der Waals surface area contributed by atoms with Gasteiger partial charge in [0.25, 0.3) is 0 Å². The number of anilines is 1. The normalized spacial score (nSPS) is 15.8. The molecule has 2 rings (SSSR count). The quantitative estimate of drug-likeness (QED) is 0.760. The van der Waals surface area contributed by atoms with E-state index in [9.17, 15) is 4.79 Å². The number of hydrogen-bond donors (Lipinski definition) is 1. The first-order valence-corrected chi connectivity index (χ1v) is 5.74. The number of aromatic nitrogens is 1. The first kappa shape index (κ1) is 11.9. The van der Waals surface area contributed by atoms with E-state index in [0.717, 1.165) is 37.6 Å². The average molecular weight is 235 g/mol. The predicted octanol–water partition coefficient (Wildman–Crippen LogP) is 0.586. The van der Waals surface area contributed by atoms with Crippen LogP contribution >= 0.6 is 0 Å². The van der Waals surface area contributed by atoms with Crippen molar-refractivity contribution < 1.29 is 9.53 Å². The molecule has 5 nitrogen and oxygen atoms in total. The Morgan fingerprint density at radius 3 is 2.71 bits per heavy atom. The molecule has 0 amide bonds. The smallest absolute Gasteiger partial charge is 0.356 e. The molecule has 0 bridgehead atoms. The molecule has 0 saturated carbocycles. The number of carbonyl (C=O) groups is 1. The summed E-state index contributed by atoms with van der Waals surface area (Å²) < 4.78 is 4.65. The highest BCUT2D eigenvalue weighted by Gasteiger charge is 2.15. The van der Waals surface area contributed by atoms with Crippen LogP contribution in [0.2, 0.25) is 0 Å². The zero-order valence-corrected chi connectivity index (χ0v) is 10.2. The van der Waals surface area contributed by atoms with Crippen LogP contribution < -0.4 is 10.2 Å². The molecule has 0 atom stereocenters. The van der Waals surface area contributed by atoms with Crippen molar-refractivity contribution in [2.24, 2.45) is 0 Å². The van der Waals surface area contributed by atoms with Crippen LogP contribution in [0.4, 0.5) is 5.69 Å². The monoisotopic (exact) mass is 235 g/mol. The maximum absolute atomic E-state index is 11.3. The van der Waals surface area contributed by atoms with Gasteiger partial charge in [0.15, 0.2) is 0 Å². The van der Waals surface area contributed by atoms with Gasteiger partial charge in [-0.1, -0.05) is 0 Å². The number of nitrogens with zero attached hydrogens (tertiary/aromatic N) is 2. The molecule has 1 aliphatic heterocycles. The average Bonchev–Trinajstić information content (AvgIpc) is 2.38. The summed E-state index contributed by atoms with van der Waals surface area (Å²) >= 11 is 0. The zero-order chi connectivity index (χ0) is 12.3. The molecule has 17 heavy (non-hydrogen) atoms. The third-order valence-electron chi connectivity index (χ3n) is 2.91. The predicted molar refractivity (Wildman–Crippen MR) is 65.4 cm³/mol. The van der Waals surface area contributed by atoms with E-state index in [0.29, 0.717) is 5.69 Å². The Hall–Kier alpha value is -1.62. The SMILES string of the molecule is COC(=O)c1ccc(N2CCNCC2)c(C)n1. The first-order chi connectivity index (χ1) is 8.22. The summed E-state index contributed by atoms with van der Waals surface area (Å²) in [7, 11) is 1.36. The fourth-order valence-corrected chi connectivity index (χ4v) is 2.01. The van der Waals surface area contributed by atoms with Crippen molar-refractivity contribution in [3.8, 4) is 0 Å². The van der Waals surface area contributed by atoms with Crippen molar-refractivity contribution in [3.63, 3.8) is 0 Å². The van der Waals surface area contributed by atoms with Gasteiger partial charge < -0.3 is 15.0 Å². The Balaban J connectivity index is 2.21. The van der Waals surface area contributed by atoms with Crippen molar-refractivity contribution in [2.45, 2.75) is 6.92 Å². The highest BCUT2D eigenvalue weighted by molar-refractivity contribution is 5.87. The molecule has 5 heteroatoms. The third-order valence-corrected chi connectivity index (χ3v) is 2.91. The lowest BCUT2D eigenvalue weighted by Gasteiger charge is -2.30. The fraction of sp³-hybridized carbons (Fsp3) is 0.500. The van der Waals surface area contributed by atoms with Crippen LogP contribution in [-0.2, 0) is 4.74 Å². The van der Waals surface area contributed by atoms with Crippen molar-refractivity contribution >= 4 is 11.7 Å². The second-order valence-corrected chi connectivity index (χ2v) is 4.03. The van der Waals surface area contributed by atoms with Gasteiger partial charge in [0.1, 0.15) is 5.69 Å². The molecular weight excluding hydrogens is 218 g/mol. The van der Waals surface area contributed by atoms with Gasteiger partial charge in [-0.25, -0.2) is 9.78 Å². The summed E-state index contributed by atoms with van der Waals surface area (Å²) in [5.41, 5.74) is 2.33. The van der Waals surface area contributed by atoms with Gasteiger partial charge in [-0.05, 0) is 19.1 Å². The summed E-state index contributed by atoms with van der Waals surface area (Å²) in [4.78, 5) is 17.9. The van der Waals surface area contributed by atoms with Gasteiger partial charge in [-0.15, -0.1) is 0 Å². The van der Waals surface area contributed by atoms with E-state index >= 15 is 0 Å². The molecule has 92 valence electrons. The highest BCUT2D eigenvalue weighted by atomic mass is 16.5. The highest BCUT2D eigenvalue weighted by Crippen LogP contribution is 2.19. The maximum atomic E-state index is 11.3. The molecule has 1 fully saturated rings. The molecule has 1 aromatic heterocycles. The van der Waals surface area contributed by atoms with Gasteiger partial charge in [-0.2, -0.15) is 0 Å². The van der Waals surface area contributed by atoms with Crippen molar-refractivity contribution in [1.29, 1.82) is 0 Å². The second-order valence-electron chi connectivity index (χ2n) is 4.03. The van der Waals surface area contributed by atoms with Crippen molar-refractivity contribution in [3.05, 3.63) is 23.5 Å². The van der Waals surface area contributed by atoms with E-state index in [4.69, 9.17) is 0 Å². The van der Waals surface area contributed by atoms with E-state index in [2.05, 4.69) is 19.9 Å². The summed E-state index contributed by atoms with van der Waals surface area (Å²) in [5.74, 6) is -0.389. The van der Waals surface area contributed by atoms with E-state index in [1.807, 2.05) is 13.0 Å². The lowest BCUT2D eigenvalue weighted by atomic mass is 10.2. The summed E-state index contributed by atoms with van der Waals surface area (Å²) in [5, 5.41) is 3.31. The zero-order valence-electron chi connectivity index (χ0n) is 10.2. The number of ether oxygens (including phenoxy) is 1. The Kier molecular flexibility index (Phi) is 3.58. The molecule has 1 N–H and O–H groups in total. The van der Waals surface area contributed by atoms with E-state index in [1.54, 1.807) is 6.07 Å². The van der Waals surface area contributed by atoms with Crippen LogP contribution in [0.3, 0.4) is 0 Å². The molecule has 0 aliphatic carbocycles. The van der Waals surface area contributed by atoms with Gasteiger partial charge in [0.05, 0.1) is 18.5 Å². The number of hydrogen-bond acceptors (Lipinski definition) is 5. The van der Waals surface area contributed by atoms with E-state index in [1.165, 1.54) is 7.11 Å². The third kappa shape index (κ3) is 2.55. The number of carbonyl (C=O) groups excluding carboxylic acids is 1. The summed E-state index contributed by atoms with van der Waals surface area (Å²) in [6, 6.07) is 3.66. The minimum Gasteiger partial charge on any atom is -0.464 e. The molecule has 0 aromatic carbocycles. The largest absolute Gasteiger partial charge is 0.464 e. The topological polar surface area (TPSA) is 54.5 Å². The number of piperazine rings is 1. The molecule has 0 unspecified atom stereocenters. The van der Waals surface area contributed by atoms with Crippen molar-refractivity contribution in [1.82, 2.24) is 10.3 Å².